The second-order valence-electron chi connectivity index (χ2n) is 7.30. The number of thioether (sulfide) groups is 1. The highest BCUT2D eigenvalue weighted by molar-refractivity contribution is 7.99. The molecule has 0 amide bonds. The lowest BCUT2D eigenvalue weighted by Crippen LogP contribution is -2.48. The van der Waals surface area contributed by atoms with Crippen molar-refractivity contribution in [1.29, 1.82) is 0 Å². The number of hydrogen-bond acceptors (Lipinski definition) is 7. The molecular weight excluding hydrogens is 450 g/mol. The van der Waals surface area contributed by atoms with Gasteiger partial charge in [-0.2, -0.15) is 4.31 Å². The smallest absolute Gasteiger partial charge is 0.289 e. The molecule has 11 heteroatoms. The van der Waals surface area contributed by atoms with Crippen LogP contribution in [0.2, 0.25) is 0 Å². The second kappa shape index (κ2) is 9.41. The molecule has 2 aromatic carbocycles. The Bertz CT molecular complexity index is 1250. The molecular formula is C21H23N5O4S2. The molecule has 168 valence electrons. The predicted octanol–water partition coefficient (Wildman–Crippen LogP) is 3.19. The summed E-state index contributed by atoms with van der Waals surface area (Å²) in [4.78, 5) is 17.3. The van der Waals surface area contributed by atoms with E-state index in [9.17, 15) is 18.5 Å². The zero-order chi connectivity index (χ0) is 22.7. The summed E-state index contributed by atoms with van der Waals surface area (Å²) < 4.78 is 29.6. The van der Waals surface area contributed by atoms with Gasteiger partial charge in [0.1, 0.15) is 0 Å². The topological polar surface area (TPSA) is 102 Å². The van der Waals surface area contributed by atoms with Crippen molar-refractivity contribution in [2.45, 2.75) is 16.7 Å². The lowest BCUT2D eigenvalue weighted by molar-refractivity contribution is -0.387. The predicted molar refractivity (Wildman–Crippen MR) is 124 cm³/mol. The first-order valence-electron chi connectivity index (χ1n) is 10.1. The fourth-order valence-corrected chi connectivity index (χ4v) is 6.03. The lowest BCUT2D eigenvalue weighted by Gasteiger charge is -2.34. The van der Waals surface area contributed by atoms with E-state index in [1.165, 1.54) is 28.6 Å². The van der Waals surface area contributed by atoms with Gasteiger partial charge in [-0.3, -0.25) is 15.0 Å². The van der Waals surface area contributed by atoms with E-state index >= 15 is 0 Å². The number of nitro groups is 1. The van der Waals surface area contributed by atoms with Gasteiger partial charge in [0.2, 0.25) is 10.0 Å². The van der Waals surface area contributed by atoms with Crippen LogP contribution in [0.15, 0.2) is 71.2 Å². The van der Waals surface area contributed by atoms with Crippen molar-refractivity contribution >= 4 is 38.5 Å². The monoisotopic (exact) mass is 473 g/mol. The van der Waals surface area contributed by atoms with E-state index in [0.717, 1.165) is 21.9 Å². The highest BCUT2D eigenvalue weighted by Crippen LogP contribution is 2.28. The summed E-state index contributed by atoms with van der Waals surface area (Å²) in [6, 6.07) is 13.4. The van der Waals surface area contributed by atoms with Gasteiger partial charge in [0.05, 0.1) is 22.6 Å². The van der Waals surface area contributed by atoms with Gasteiger partial charge in [0, 0.05) is 38.0 Å². The van der Waals surface area contributed by atoms with E-state index in [0.29, 0.717) is 19.8 Å². The highest BCUT2D eigenvalue weighted by Gasteiger charge is 2.33. The number of benzene rings is 2. The van der Waals surface area contributed by atoms with Gasteiger partial charge >= 0.3 is 0 Å². The first kappa shape index (κ1) is 22.5. The molecule has 0 saturated carbocycles. The van der Waals surface area contributed by atoms with Crippen molar-refractivity contribution in [3.8, 4) is 0 Å². The molecule has 1 aliphatic heterocycles. The van der Waals surface area contributed by atoms with E-state index < -0.39 is 20.6 Å². The summed E-state index contributed by atoms with van der Waals surface area (Å²) in [5.74, 6) is 0.741. The Morgan fingerprint density at radius 1 is 1.09 bits per heavy atom. The van der Waals surface area contributed by atoms with Crippen LogP contribution >= 0.6 is 11.8 Å². The van der Waals surface area contributed by atoms with Crippen LogP contribution in [0, 0.1) is 10.1 Å². The summed E-state index contributed by atoms with van der Waals surface area (Å²) in [6.45, 7) is 5.90. The fraction of sp³-hybridized carbons (Fsp3) is 0.286. The van der Waals surface area contributed by atoms with Crippen LogP contribution < -0.4 is 0 Å². The summed E-state index contributed by atoms with van der Waals surface area (Å²) in [5.41, 5.74) is 1.54. The third kappa shape index (κ3) is 4.42. The molecule has 2 heterocycles. The average molecular weight is 474 g/mol. The molecule has 0 spiro atoms. The van der Waals surface area contributed by atoms with Gasteiger partial charge in [-0.05, 0) is 18.2 Å². The van der Waals surface area contributed by atoms with Crippen LogP contribution in [-0.4, -0.2) is 64.0 Å². The number of fused-ring (bicyclic) bond motifs is 1. The summed E-state index contributed by atoms with van der Waals surface area (Å²) in [5, 5.41) is 12.2. The van der Waals surface area contributed by atoms with Crippen molar-refractivity contribution < 1.29 is 13.3 Å². The highest BCUT2D eigenvalue weighted by atomic mass is 32.2. The van der Waals surface area contributed by atoms with Gasteiger partial charge in [-0.15, -0.1) is 6.58 Å². The first-order valence-corrected chi connectivity index (χ1v) is 12.5. The zero-order valence-corrected chi connectivity index (χ0v) is 19.0. The average Bonchev–Trinajstić information content (AvgIpc) is 3.15. The summed E-state index contributed by atoms with van der Waals surface area (Å²) in [6.07, 6.45) is 1.83. The molecule has 0 radical (unpaired) electrons. The number of nitrogens with zero attached hydrogens (tertiary/aromatic N) is 5. The molecule has 4 rings (SSSR count). The number of sulfonamides is 1. The van der Waals surface area contributed by atoms with Crippen LogP contribution in [0.5, 0.6) is 0 Å². The number of rotatable bonds is 8. The molecule has 0 atom stereocenters. The molecule has 9 nitrogen and oxygen atoms in total. The van der Waals surface area contributed by atoms with Gasteiger partial charge in [-0.25, -0.2) is 13.4 Å². The summed E-state index contributed by atoms with van der Waals surface area (Å²) in [7, 11) is -3.95. The second-order valence-corrected chi connectivity index (χ2v) is 10.2. The van der Waals surface area contributed by atoms with Crippen LogP contribution in [0.25, 0.3) is 11.0 Å². The lowest BCUT2D eigenvalue weighted by atomic mass is 10.3. The van der Waals surface area contributed by atoms with Crippen LogP contribution in [0.4, 0.5) is 5.69 Å². The molecule has 0 bridgehead atoms. The van der Waals surface area contributed by atoms with Crippen molar-refractivity contribution in [3.05, 3.63) is 71.3 Å². The van der Waals surface area contributed by atoms with Crippen LogP contribution in [-0.2, 0) is 16.7 Å². The maximum absolute atomic E-state index is 13.1. The Balaban J connectivity index is 1.50. The number of imidazole rings is 1. The van der Waals surface area contributed by atoms with E-state index in [2.05, 4.69) is 16.0 Å². The molecule has 0 N–H and O–H groups in total. The Hall–Kier alpha value is -2.73. The number of aromatic nitrogens is 2. The molecule has 3 aromatic rings. The molecule has 1 saturated heterocycles. The number of para-hydroxylation sites is 3. The van der Waals surface area contributed by atoms with E-state index in [1.807, 2.05) is 30.3 Å². The van der Waals surface area contributed by atoms with Gasteiger partial charge in [0.15, 0.2) is 10.1 Å². The van der Waals surface area contributed by atoms with Crippen molar-refractivity contribution in [2.75, 3.05) is 31.9 Å². The third-order valence-electron chi connectivity index (χ3n) is 5.30. The Morgan fingerprint density at radius 2 is 1.78 bits per heavy atom. The minimum absolute atomic E-state index is 0.260. The molecule has 0 unspecified atom stereocenters. The Kier molecular flexibility index (Phi) is 6.60. The Morgan fingerprint density at radius 3 is 2.50 bits per heavy atom. The largest absolute Gasteiger partial charge is 0.305 e. The number of piperazine rings is 1. The standard InChI is InChI=1S/C21H23N5O4S2/c1-2-15-31-21-22-17-7-3-4-8-18(17)25(21)16-23-11-13-24(14-12-23)32(29,30)20-10-6-5-9-19(20)26(27)28/h2-10H,1,11-16H2. The molecule has 1 aliphatic rings. The normalized spacial score (nSPS) is 15.8. The van der Waals surface area contributed by atoms with Crippen molar-refractivity contribution in [2.24, 2.45) is 0 Å². The Labute approximate surface area is 190 Å². The maximum atomic E-state index is 13.1. The maximum Gasteiger partial charge on any atom is 0.289 e. The molecule has 32 heavy (non-hydrogen) atoms. The van der Waals surface area contributed by atoms with Crippen molar-refractivity contribution in [1.82, 2.24) is 18.8 Å². The number of nitro benzene ring substituents is 1. The zero-order valence-electron chi connectivity index (χ0n) is 17.3. The summed E-state index contributed by atoms with van der Waals surface area (Å²) >= 11 is 1.60. The molecule has 1 aromatic heterocycles. The van der Waals surface area contributed by atoms with Gasteiger partial charge in [0.25, 0.3) is 5.69 Å². The van der Waals surface area contributed by atoms with E-state index in [-0.39, 0.29) is 18.0 Å². The SMILES string of the molecule is C=CCSc1nc2ccccc2n1CN1CCN(S(=O)(=O)c2ccccc2[N+](=O)[O-])CC1. The first-order chi connectivity index (χ1) is 15.4. The van der Waals surface area contributed by atoms with Crippen molar-refractivity contribution in [3.63, 3.8) is 0 Å². The molecule has 0 aliphatic carbocycles. The van der Waals surface area contributed by atoms with Crippen LogP contribution in [0.1, 0.15) is 0 Å². The van der Waals surface area contributed by atoms with Crippen LogP contribution in [0.3, 0.4) is 0 Å². The van der Waals surface area contributed by atoms with E-state index in [4.69, 9.17) is 4.98 Å². The van der Waals surface area contributed by atoms with Gasteiger partial charge in [-0.1, -0.05) is 42.1 Å². The minimum atomic E-state index is -3.95. The minimum Gasteiger partial charge on any atom is -0.305 e. The fourth-order valence-electron chi connectivity index (χ4n) is 3.71. The van der Waals surface area contributed by atoms with Gasteiger partial charge < -0.3 is 4.57 Å². The third-order valence-corrected chi connectivity index (χ3v) is 8.22. The quantitative estimate of drug-likeness (QED) is 0.214. The molecule has 1 fully saturated rings. The number of hydrogen-bond donors (Lipinski definition) is 0. The van der Waals surface area contributed by atoms with E-state index in [1.54, 1.807) is 11.8 Å².